The predicted molar refractivity (Wildman–Crippen MR) is 144 cm³/mol. The second kappa shape index (κ2) is 12.0. The molecule has 0 aliphatic carbocycles. The van der Waals surface area contributed by atoms with Crippen LogP contribution in [-0.2, 0) is 11.8 Å². The predicted octanol–water partition coefficient (Wildman–Crippen LogP) is 2.58. The Morgan fingerprint density at radius 2 is 1.87 bits per heavy atom. The summed E-state index contributed by atoms with van der Waals surface area (Å²) in [6, 6.07) is 10.9. The fourth-order valence-electron chi connectivity index (χ4n) is 4.89. The number of halogens is 1. The maximum absolute atomic E-state index is 14.3. The van der Waals surface area contributed by atoms with Crippen molar-refractivity contribution < 1.29 is 13.9 Å². The molecule has 2 aromatic heterocycles. The monoisotopic (exact) mass is 522 g/mol. The lowest BCUT2D eigenvalue weighted by Crippen LogP contribution is -2.44. The van der Waals surface area contributed by atoms with E-state index in [1.54, 1.807) is 7.05 Å². The Morgan fingerprint density at radius 3 is 2.63 bits per heavy atom. The van der Waals surface area contributed by atoms with Crippen LogP contribution in [0.25, 0.3) is 11.3 Å². The second-order valence-corrected chi connectivity index (χ2v) is 9.92. The van der Waals surface area contributed by atoms with Crippen molar-refractivity contribution in [3.8, 4) is 17.0 Å². The van der Waals surface area contributed by atoms with E-state index >= 15 is 0 Å². The van der Waals surface area contributed by atoms with Gasteiger partial charge in [-0.2, -0.15) is 0 Å². The summed E-state index contributed by atoms with van der Waals surface area (Å²) in [6.07, 6.45) is 3.43. The van der Waals surface area contributed by atoms with Crippen molar-refractivity contribution in [3.05, 3.63) is 70.5 Å². The van der Waals surface area contributed by atoms with Crippen molar-refractivity contribution in [3.63, 3.8) is 0 Å². The minimum Gasteiger partial charge on any atom is -0.494 e. The summed E-state index contributed by atoms with van der Waals surface area (Å²) in [4.78, 5) is 28.0. The van der Waals surface area contributed by atoms with Gasteiger partial charge in [-0.05, 0) is 37.2 Å². The second-order valence-electron chi connectivity index (χ2n) is 9.92. The summed E-state index contributed by atoms with van der Waals surface area (Å²) in [7, 11) is 3.85. The molecule has 5 rings (SSSR count). The van der Waals surface area contributed by atoms with Crippen molar-refractivity contribution >= 4 is 5.95 Å². The van der Waals surface area contributed by atoms with Crippen LogP contribution in [0.1, 0.15) is 18.1 Å². The molecule has 0 N–H and O–H groups in total. The van der Waals surface area contributed by atoms with E-state index in [0.29, 0.717) is 37.9 Å². The van der Waals surface area contributed by atoms with Crippen LogP contribution in [0, 0.1) is 5.82 Å². The molecular formula is C28H35FN6O3. The van der Waals surface area contributed by atoms with Crippen molar-refractivity contribution in [2.24, 2.45) is 7.05 Å². The minimum atomic E-state index is -0.513. The maximum atomic E-state index is 14.3. The Hall–Kier alpha value is -3.34. The van der Waals surface area contributed by atoms with Gasteiger partial charge in [0.1, 0.15) is 11.9 Å². The van der Waals surface area contributed by atoms with Gasteiger partial charge in [0, 0.05) is 64.1 Å². The number of piperazine rings is 1. The van der Waals surface area contributed by atoms with Crippen molar-refractivity contribution in [2.75, 3.05) is 71.0 Å². The fraction of sp³-hybridized carbons (Fsp3) is 0.464. The number of hydrogen-bond donors (Lipinski definition) is 0. The van der Waals surface area contributed by atoms with Gasteiger partial charge in [-0.3, -0.25) is 14.3 Å². The minimum absolute atomic E-state index is 0.187. The molecule has 202 valence electrons. The van der Waals surface area contributed by atoms with Gasteiger partial charge in [-0.25, -0.2) is 9.37 Å². The molecule has 2 aliphatic rings. The molecule has 0 saturated carbocycles. The van der Waals surface area contributed by atoms with E-state index in [0.717, 1.165) is 56.7 Å². The van der Waals surface area contributed by atoms with Crippen LogP contribution < -0.4 is 15.2 Å². The summed E-state index contributed by atoms with van der Waals surface area (Å²) < 4.78 is 27.9. The van der Waals surface area contributed by atoms with Gasteiger partial charge < -0.3 is 24.2 Å². The third kappa shape index (κ3) is 6.20. The molecule has 2 fully saturated rings. The first-order chi connectivity index (χ1) is 18.5. The Kier molecular flexibility index (Phi) is 8.31. The number of morpholine rings is 1. The largest absolute Gasteiger partial charge is 0.494 e. The Balaban J connectivity index is 1.20. The lowest BCUT2D eigenvalue weighted by Gasteiger charge is -2.34. The van der Waals surface area contributed by atoms with E-state index in [9.17, 15) is 9.18 Å². The van der Waals surface area contributed by atoms with Crippen LogP contribution in [-0.4, -0.2) is 90.4 Å². The summed E-state index contributed by atoms with van der Waals surface area (Å²) in [5.74, 6) is 0.814. The molecule has 2 aliphatic heterocycles. The number of rotatable bonds is 8. The van der Waals surface area contributed by atoms with Crippen LogP contribution in [0.4, 0.5) is 10.3 Å². The molecule has 0 unspecified atom stereocenters. The molecule has 0 amide bonds. The lowest BCUT2D eigenvalue weighted by atomic mass is 10.1. The number of pyridine rings is 1. The van der Waals surface area contributed by atoms with E-state index < -0.39 is 5.82 Å². The van der Waals surface area contributed by atoms with Crippen LogP contribution >= 0.6 is 0 Å². The topological polar surface area (TPSA) is 76.0 Å². The van der Waals surface area contributed by atoms with Crippen molar-refractivity contribution in [2.45, 2.75) is 12.5 Å². The number of nitrogens with zero attached hydrogens (tertiary/aromatic N) is 6. The Labute approximate surface area is 222 Å². The SMILES string of the molecule is CN1CCN(CCCOc2ccc([C@H]3CN(c4nc(-c5ccncc5F)cc(=O)n4C)CCO3)cc2)CC1. The molecule has 4 heterocycles. The number of hydrogen-bond acceptors (Lipinski definition) is 8. The van der Waals surface area contributed by atoms with E-state index in [1.165, 1.54) is 22.9 Å². The average molecular weight is 523 g/mol. The number of aromatic nitrogens is 3. The molecule has 2 saturated heterocycles. The van der Waals surface area contributed by atoms with Gasteiger partial charge in [0.15, 0.2) is 5.82 Å². The number of ether oxygens (including phenoxy) is 2. The first-order valence-electron chi connectivity index (χ1n) is 13.2. The Morgan fingerprint density at radius 1 is 1.08 bits per heavy atom. The number of benzene rings is 1. The molecule has 1 aromatic carbocycles. The highest BCUT2D eigenvalue weighted by Crippen LogP contribution is 2.28. The van der Waals surface area contributed by atoms with Crippen LogP contribution in [0.2, 0.25) is 0 Å². The van der Waals surface area contributed by atoms with Crippen LogP contribution in [0.15, 0.2) is 53.6 Å². The van der Waals surface area contributed by atoms with Gasteiger partial charge >= 0.3 is 0 Å². The third-order valence-electron chi connectivity index (χ3n) is 7.24. The van der Waals surface area contributed by atoms with Gasteiger partial charge in [-0.1, -0.05) is 12.1 Å². The van der Waals surface area contributed by atoms with E-state index in [1.807, 2.05) is 29.2 Å². The zero-order valence-electron chi connectivity index (χ0n) is 22.1. The fourth-order valence-corrected chi connectivity index (χ4v) is 4.89. The van der Waals surface area contributed by atoms with Gasteiger partial charge in [0.05, 0.1) is 31.6 Å². The molecular weight excluding hydrogens is 487 g/mol. The van der Waals surface area contributed by atoms with Gasteiger partial charge in [0.25, 0.3) is 5.56 Å². The normalized spacial score (nSPS) is 19.0. The quantitative estimate of drug-likeness (QED) is 0.418. The molecule has 10 heteroatoms. The summed E-state index contributed by atoms with van der Waals surface area (Å²) in [6.45, 7) is 7.83. The highest BCUT2D eigenvalue weighted by atomic mass is 19.1. The third-order valence-corrected chi connectivity index (χ3v) is 7.24. The maximum Gasteiger partial charge on any atom is 0.255 e. The van der Waals surface area contributed by atoms with Gasteiger partial charge in [0.2, 0.25) is 5.95 Å². The summed E-state index contributed by atoms with van der Waals surface area (Å²) in [5.41, 5.74) is 1.32. The first-order valence-corrected chi connectivity index (χ1v) is 13.2. The van der Waals surface area contributed by atoms with Crippen molar-refractivity contribution in [1.82, 2.24) is 24.3 Å². The van der Waals surface area contributed by atoms with Crippen LogP contribution in [0.3, 0.4) is 0 Å². The standard InChI is InChI=1S/C28H35FN6O3/c1-32-11-13-34(14-12-32)10-3-16-37-22-6-4-21(5-7-22)26-20-35(15-17-38-26)28-31-25(18-27(36)33(28)2)23-8-9-30-19-24(23)29/h4-9,18-19,26H,3,10-17,20H2,1-2H3/t26-/m1/s1. The molecule has 9 nitrogen and oxygen atoms in total. The first kappa shape index (κ1) is 26.3. The average Bonchev–Trinajstić information content (AvgIpc) is 2.94. The van der Waals surface area contributed by atoms with Crippen LogP contribution in [0.5, 0.6) is 5.75 Å². The number of anilines is 1. The summed E-state index contributed by atoms with van der Waals surface area (Å²) in [5, 5.41) is 0. The molecule has 0 spiro atoms. The van der Waals surface area contributed by atoms with E-state index in [-0.39, 0.29) is 17.2 Å². The molecule has 0 bridgehead atoms. The molecule has 38 heavy (non-hydrogen) atoms. The molecule has 1 atom stereocenters. The lowest BCUT2D eigenvalue weighted by molar-refractivity contribution is 0.0389. The highest BCUT2D eigenvalue weighted by molar-refractivity contribution is 5.60. The van der Waals surface area contributed by atoms with E-state index in [4.69, 9.17) is 9.47 Å². The van der Waals surface area contributed by atoms with Crippen molar-refractivity contribution in [1.29, 1.82) is 0 Å². The molecule has 3 aromatic rings. The molecule has 0 radical (unpaired) electrons. The van der Waals surface area contributed by atoms with Gasteiger partial charge in [-0.15, -0.1) is 0 Å². The zero-order valence-corrected chi connectivity index (χ0v) is 22.1. The number of likely N-dealkylation sites (N-methyl/N-ethyl adjacent to an activating group) is 1. The Bertz CT molecular complexity index is 1280. The highest BCUT2D eigenvalue weighted by Gasteiger charge is 2.25. The zero-order chi connectivity index (χ0) is 26.5. The van der Waals surface area contributed by atoms with E-state index in [2.05, 4.69) is 26.8 Å². The smallest absolute Gasteiger partial charge is 0.255 e. The summed E-state index contributed by atoms with van der Waals surface area (Å²) >= 11 is 0.